The first kappa shape index (κ1) is 7.10. The second-order valence-corrected chi connectivity index (χ2v) is 3.31. The summed E-state index contributed by atoms with van der Waals surface area (Å²) >= 11 is 5.84. The predicted octanol–water partition coefficient (Wildman–Crippen LogP) is 1.96. The van der Waals surface area contributed by atoms with Crippen LogP contribution in [0.3, 0.4) is 0 Å². The van der Waals surface area contributed by atoms with E-state index >= 15 is 0 Å². The lowest BCUT2D eigenvalue weighted by Gasteiger charge is -2.27. The van der Waals surface area contributed by atoms with Gasteiger partial charge in [0.15, 0.2) is 0 Å². The zero-order valence-electron chi connectivity index (χ0n) is 6.42. The van der Waals surface area contributed by atoms with Gasteiger partial charge in [-0.1, -0.05) is 0 Å². The molecule has 60 valence electrons. The van der Waals surface area contributed by atoms with Crippen molar-refractivity contribution >= 4 is 11.6 Å². The van der Waals surface area contributed by atoms with Crippen LogP contribution in [0.2, 0.25) is 5.28 Å². The monoisotopic (exact) mass is 171 g/mol. The number of rotatable bonds is 1. The third-order valence-electron chi connectivity index (χ3n) is 2.26. The molecule has 1 aliphatic carbocycles. The molecule has 0 radical (unpaired) electrons. The summed E-state index contributed by atoms with van der Waals surface area (Å²) in [7, 11) is 0. The molecule has 0 aromatic carbocycles. The minimum absolute atomic E-state index is 0.534. The van der Waals surface area contributed by atoms with E-state index in [1.165, 1.54) is 19.3 Å². The van der Waals surface area contributed by atoms with E-state index in [4.69, 9.17) is 11.6 Å². The lowest BCUT2D eigenvalue weighted by molar-refractivity contribution is 0.308. The molecule has 0 spiro atoms. The third-order valence-corrected chi connectivity index (χ3v) is 2.52. The molecule has 0 amide bonds. The number of hydrogen-bond acceptors (Lipinski definition) is 2. The summed E-state index contributed by atoms with van der Waals surface area (Å²) in [6.45, 7) is 1.94. The molecule has 2 rings (SSSR count). The van der Waals surface area contributed by atoms with E-state index in [0.717, 1.165) is 5.82 Å². The van der Waals surface area contributed by atoms with Crippen molar-refractivity contribution in [3.8, 4) is 0 Å². The van der Waals surface area contributed by atoms with E-state index in [1.54, 1.807) is 0 Å². The van der Waals surface area contributed by atoms with Gasteiger partial charge in [0.2, 0.25) is 5.28 Å². The van der Waals surface area contributed by atoms with Crippen LogP contribution < -0.4 is 0 Å². The molecule has 0 N–H and O–H groups in total. The van der Waals surface area contributed by atoms with Gasteiger partial charge in [0, 0.05) is 6.04 Å². The zero-order valence-corrected chi connectivity index (χ0v) is 7.17. The molecule has 1 aromatic rings. The molecule has 1 aromatic heterocycles. The van der Waals surface area contributed by atoms with Crippen LogP contribution in [-0.2, 0) is 0 Å². The summed E-state index contributed by atoms with van der Waals surface area (Å²) in [4.78, 5) is 0. The molecule has 3 nitrogen and oxygen atoms in total. The zero-order chi connectivity index (χ0) is 7.84. The molecule has 0 unspecified atom stereocenters. The van der Waals surface area contributed by atoms with Crippen molar-refractivity contribution in [2.75, 3.05) is 0 Å². The normalized spacial score (nSPS) is 18.4. The Bertz CT molecular complexity index is 245. The van der Waals surface area contributed by atoms with Crippen molar-refractivity contribution < 1.29 is 0 Å². The number of halogens is 1. The summed E-state index contributed by atoms with van der Waals surface area (Å²) < 4.78 is 2.02. The van der Waals surface area contributed by atoms with Crippen molar-refractivity contribution in [2.24, 2.45) is 0 Å². The number of hydrogen-bond donors (Lipinski definition) is 0. The Morgan fingerprint density at radius 1 is 1.45 bits per heavy atom. The summed E-state index contributed by atoms with van der Waals surface area (Å²) in [5, 5.41) is 8.23. The van der Waals surface area contributed by atoms with Crippen molar-refractivity contribution in [1.29, 1.82) is 0 Å². The average molecular weight is 172 g/mol. The molecule has 11 heavy (non-hydrogen) atoms. The van der Waals surface area contributed by atoms with Gasteiger partial charge in [-0.05, 0) is 37.8 Å². The molecule has 1 fully saturated rings. The van der Waals surface area contributed by atoms with Gasteiger partial charge in [0.1, 0.15) is 5.82 Å². The van der Waals surface area contributed by atoms with Gasteiger partial charge in [0.05, 0.1) is 0 Å². The van der Waals surface area contributed by atoms with Gasteiger partial charge in [0.25, 0.3) is 0 Å². The standard InChI is InChI=1S/C7H10ClN3/c1-5-9-10-7(8)11(5)6-3-2-4-6/h6H,2-4H2,1H3. The van der Waals surface area contributed by atoms with E-state index in [1.807, 2.05) is 11.5 Å². The average Bonchev–Trinajstić information content (AvgIpc) is 2.15. The quantitative estimate of drug-likeness (QED) is 0.647. The third kappa shape index (κ3) is 1.03. The Morgan fingerprint density at radius 2 is 2.18 bits per heavy atom. The molecule has 1 heterocycles. The molecular formula is C7H10ClN3. The van der Waals surface area contributed by atoms with Crippen LogP contribution in [-0.4, -0.2) is 14.8 Å². The SMILES string of the molecule is Cc1nnc(Cl)n1C1CCC1. The Kier molecular flexibility index (Phi) is 1.60. The molecule has 0 saturated heterocycles. The van der Waals surface area contributed by atoms with E-state index in [0.29, 0.717) is 11.3 Å². The fourth-order valence-electron chi connectivity index (χ4n) is 1.40. The highest BCUT2D eigenvalue weighted by molar-refractivity contribution is 6.28. The Balaban J connectivity index is 2.33. The van der Waals surface area contributed by atoms with E-state index in [2.05, 4.69) is 10.2 Å². The van der Waals surface area contributed by atoms with Gasteiger partial charge in [-0.25, -0.2) is 0 Å². The fraction of sp³-hybridized carbons (Fsp3) is 0.714. The maximum absolute atomic E-state index is 5.84. The van der Waals surface area contributed by atoms with Gasteiger partial charge in [-0.15, -0.1) is 10.2 Å². The van der Waals surface area contributed by atoms with Crippen molar-refractivity contribution in [3.05, 3.63) is 11.1 Å². The Hall–Kier alpha value is -0.570. The van der Waals surface area contributed by atoms with Crippen LogP contribution in [0, 0.1) is 6.92 Å². The highest BCUT2D eigenvalue weighted by Gasteiger charge is 2.23. The second kappa shape index (κ2) is 2.48. The maximum atomic E-state index is 5.84. The van der Waals surface area contributed by atoms with E-state index in [9.17, 15) is 0 Å². The van der Waals surface area contributed by atoms with Crippen molar-refractivity contribution in [1.82, 2.24) is 14.8 Å². The van der Waals surface area contributed by atoms with Crippen LogP contribution in [0.4, 0.5) is 0 Å². The largest absolute Gasteiger partial charge is 0.299 e. The lowest BCUT2D eigenvalue weighted by atomic mass is 9.93. The van der Waals surface area contributed by atoms with Crippen LogP contribution >= 0.6 is 11.6 Å². The van der Waals surface area contributed by atoms with E-state index in [-0.39, 0.29) is 0 Å². The summed E-state index contributed by atoms with van der Waals surface area (Å²) in [6.07, 6.45) is 3.75. The Morgan fingerprint density at radius 3 is 2.55 bits per heavy atom. The van der Waals surface area contributed by atoms with Crippen LogP contribution in [0.15, 0.2) is 0 Å². The second-order valence-electron chi connectivity index (χ2n) is 2.97. The minimum atomic E-state index is 0.534. The molecule has 1 saturated carbocycles. The van der Waals surface area contributed by atoms with Crippen molar-refractivity contribution in [2.45, 2.75) is 32.2 Å². The molecule has 0 atom stereocenters. The van der Waals surface area contributed by atoms with Gasteiger partial charge in [-0.3, -0.25) is 4.57 Å². The van der Waals surface area contributed by atoms with Gasteiger partial charge < -0.3 is 0 Å². The topological polar surface area (TPSA) is 30.7 Å². The highest BCUT2D eigenvalue weighted by atomic mass is 35.5. The van der Waals surface area contributed by atoms with Crippen LogP contribution in [0.1, 0.15) is 31.1 Å². The highest BCUT2D eigenvalue weighted by Crippen LogP contribution is 2.33. The number of aryl methyl sites for hydroxylation is 1. The van der Waals surface area contributed by atoms with Crippen molar-refractivity contribution in [3.63, 3.8) is 0 Å². The molecular weight excluding hydrogens is 162 g/mol. The Labute approximate surface area is 70.4 Å². The van der Waals surface area contributed by atoms with E-state index < -0.39 is 0 Å². The number of aromatic nitrogens is 3. The smallest absolute Gasteiger partial charge is 0.225 e. The summed E-state index contributed by atoms with van der Waals surface area (Å²) in [6, 6.07) is 0.567. The molecule has 1 aliphatic rings. The molecule has 4 heteroatoms. The minimum Gasteiger partial charge on any atom is -0.299 e. The molecule has 0 aliphatic heterocycles. The maximum Gasteiger partial charge on any atom is 0.225 e. The summed E-state index contributed by atoms with van der Waals surface area (Å²) in [5.41, 5.74) is 0. The van der Waals surface area contributed by atoms with Crippen LogP contribution in [0.25, 0.3) is 0 Å². The van der Waals surface area contributed by atoms with Gasteiger partial charge >= 0.3 is 0 Å². The van der Waals surface area contributed by atoms with Crippen LogP contribution in [0.5, 0.6) is 0 Å². The van der Waals surface area contributed by atoms with Gasteiger partial charge in [-0.2, -0.15) is 0 Å². The lowest BCUT2D eigenvalue weighted by Crippen LogP contribution is -2.18. The first-order chi connectivity index (χ1) is 5.29. The number of nitrogens with zero attached hydrogens (tertiary/aromatic N) is 3. The predicted molar refractivity (Wildman–Crippen MR) is 42.7 cm³/mol. The molecule has 0 bridgehead atoms. The first-order valence-electron chi connectivity index (χ1n) is 3.86. The fourth-order valence-corrected chi connectivity index (χ4v) is 1.70. The summed E-state index contributed by atoms with van der Waals surface area (Å²) in [5.74, 6) is 0.930. The first-order valence-corrected chi connectivity index (χ1v) is 4.24.